The molecule has 0 saturated heterocycles. The van der Waals surface area contributed by atoms with E-state index in [9.17, 15) is 0 Å². The van der Waals surface area contributed by atoms with Crippen LogP contribution in [-0.4, -0.2) is 23.9 Å². The van der Waals surface area contributed by atoms with E-state index in [0.29, 0.717) is 0 Å². The number of nitrogens with one attached hydrogen (secondary N) is 1. The van der Waals surface area contributed by atoms with Gasteiger partial charge in [-0.05, 0) is 43.3 Å². The lowest BCUT2D eigenvalue weighted by Gasteiger charge is -2.18. The molecule has 1 atom stereocenters. The van der Waals surface area contributed by atoms with Crippen LogP contribution in [0.1, 0.15) is 17.3 Å². The fraction of sp³-hybridized carbons (Fsp3) is 0.357. The van der Waals surface area contributed by atoms with Crippen molar-refractivity contribution >= 4 is 15.9 Å². The highest BCUT2D eigenvalue weighted by Crippen LogP contribution is 2.27. The molecule has 2 aromatic rings. The number of likely N-dealkylation sites (N-methyl/N-ethyl adjacent to an activating group) is 1. The molecule has 0 amide bonds. The predicted octanol–water partition coefficient (Wildman–Crippen LogP) is 2.69. The second-order valence-electron chi connectivity index (χ2n) is 4.38. The minimum absolute atomic E-state index is 0.218. The van der Waals surface area contributed by atoms with Gasteiger partial charge in [0.25, 0.3) is 0 Å². The van der Waals surface area contributed by atoms with Gasteiger partial charge in [-0.15, -0.1) is 0 Å². The number of aryl methyl sites for hydroxylation is 1. The Kier molecular flexibility index (Phi) is 4.61. The summed E-state index contributed by atoms with van der Waals surface area (Å²) in [6.45, 7) is 0. The largest absolute Gasteiger partial charge is 0.497 e. The van der Waals surface area contributed by atoms with Crippen molar-refractivity contribution in [1.82, 2.24) is 15.1 Å². The summed E-state index contributed by atoms with van der Waals surface area (Å²) in [5.41, 5.74) is 2.37. The Balaban J connectivity index is 2.26. The zero-order valence-corrected chi connectivity index (χ0v) is 12.9. The van der Waals surface area contributed by atoms with Gasteiger partial charge in [-0.1, -0.05) is 15.9 Å². The Morgan fingerprint density at radius 2 is 2.21 bits per heavy atom. The van der Waals surface area contributed by atoms with Crippen LogP contribution in [0.15, 0.2) is 34.9 Å². The van der Waals surface area contributed by atoms with Gasteiger partial charge in [0, 0.05) is 17.7 Å². The summed E-state index contributed by atoms with van der Waals surface area (Å²) < 4.78 is 8.27. The van der Waals surface area contributed by atoms with Crippen molar-refractivity contribution in [3.05, 3.63) is 46.2 Å². The zero-order chi connectivity index (χ0) is 13.8. The number of aromatic nitrogens is 2. The summed E-state index contributed by atoms with van der Waals surface area (Å²) in [4.78, 5) is 0. The van der Waals surface area contributed by atoms with Crippen molar-refractivity contribution in [2.45, 2.75) is 12.5 Å². The van der Waals surface area contributed by atoms with Crippen LogP contribution in [0.2, 0.25) is 0 Å². The van der Waals surface area contributed by atoms with E-state index in [2.05, 4.69) is 32.4 Å². The third-order valence-electron chi connectivity index (χ3n) is 3.24. The zero-order valence-electron chi connectivity index (χ0n) is 11.4. The quantitative estimate of drug-likeness (QED) is 0.919. The highest BCUT2D eigenvalue weighted by atomic mass is 79.9. The fourth-order valence-corrected chi connectivity index (χ4v) is 2.54. The molecular weight excluding hydrogens is 306 g/mol. The number of nitrogens with zero attached hydrogens (tertiary/aromatic N) is 2. The van der Waals surface area contributed by atoms with Gasteiger partial charge in [0.2, 0.25) is 0 Å². The van der Waals surface area contributed by atoms with Crippen molar-refractivity contribution in [2.75, 3.05) is 14.2 Å². The Hall–Kier alpha value is -1.33. The summed E-state index contributed by atoms with van der Waals surface area (Å²) in [6.07, 6.45) is 2.69. The molecule has 0 fully saturated rings. The van der Waals surface area contributed by atoms with Crippen molar-refractivity contribution in [3.8, 4) is 5.75 Å². The highest BCUT2D eigenvalue weighted by Gasteiger charge is 2.15. The Bertz CT molecular complexity index is 553. The summed E-state index contributed by atoms with van der Waals surface area (Å²) in [7, 11) is 5.61. The van der Waals surface area contributed by atoms with Crippen molar-refractivity contribution in [1.29, 1.82) is 0 Å². The number of benzene rings is 1. The molecule has 5 heteroatoms. The van der Waals surface area contributed by atoms with Crippen LogP contribution in [0, 0.1) is 0 Å². The van der Waals surface area contributed by atoms with E-state index in [1.54, 1.807) is 7.11 Å². The van der Waals surface area contributed by atoms with E-state index < -0.39 is 0 Å². The van der Waals surface area contributed by atoms with Crippen LogP contribution in [0.5, 0.6) is 5.75 Å². The van der Waals surface area contributed by atoms with Crippen LogP contribution in [0.3, 0.4) is 0 Å². The molecule has 0 aliphatic rings. The minimum atomic E-state index is 0.218. The maximum absolute atomic E-state index is 5.28. The highest BCUT2D eigenvalue weighted by molar-refractivity contribution is 9.10. The first-order chi connectivity index (χ1) is 9.15. The lowest BCUT2D eigenvalue weighted by Crippen LogP contribution is -2.21. The minimum Gasteiger partial charge on any atom is -0.497 e. The van der Waals surface area contributed by atoms with Gasteiger partial charge in [-0.25, -0.2) is 0 Å². The molecule has 1 heterocycles. The molecule has 0 spiro atoms. The van der Waals surface area contributed by atoms with E-state index in [1.807, 2.05) is 43.2 Å². The second-order valence-corrected chi connectivity index (χ2v) is 5.24. The normalized spacial score (nSPS) is 12.4. The lowest BCUT2D eigenvalue weighted by molar-refractivity contribution is 0.413. The molecule has 1 unspecified atom stereocenters. The van der Waals surface area contributed by atoms with Crippen LogP contribution in [0.25, 0.3) is 0 Å². The fourth-order valence-electron chi connectivity index (χ4n) is 2.13. The van der Waals surface area contributed by atoms with Gasteiger partial charge in [0.1, 0.15) is 5.75 Å². The molecule has 19 heavy (non-hydrogen) atoms. The average molecular weight is 324 g/mol. The van der Waals surface area contributed by atoms with Gasteiger partial charge in [-0.3, -0.25) is 4.68 Å². The molecule has 2 rings (SSSR count). The first-order valence-corrected chi connectivity index (χ1v) is 6.92. The SMILES string of the molecule is CNC(Cc1cc(OC)ccc1Br)c1ccnn1C. The topological polar surface area (TPSA) is 39.1 Å². The third-order valence-corrected chi connectivity index (χ3v) is 4.01. The number of ether oxygens (including phenoxy) is 1. The van der Waals surface area contributed by atoms with Gasteiger partial charge in [0.05, 0.1) is 18.8 Å². The van der Waals surface area contributed by atoms with Crippen LogP contribution in [-0.2, 0) is 13.5 Å². The lowest BCUT2D eigenvalue weighted by atomic mass is 10.0. The maximum Gasteiger partial charge on any atom is 0.119 e. The molecule has 0 bridgehead atoms. The van der Waals surface area contributed by atoms with Crippen molar-refractivity contribution in [2.24, 2.45) is 7.05 Å². The van der Waals surface area contributed by atoms with Crippen LogP contribution < -0.4 is 10.1 Å². The summed E-state index contributed by atoms with van der Waals surface area (Å²) >= 11 is 3.59. The van der Waals surface area contributed by atoms with Gasteiger partial charge in [-0.2, -0.15) is 5.10 Å². The molecule has 0 radical (unpaired) electrons. The Morgan fingerprint density at radius 3 is 2.79 bits per heavy atom. The number of halogens is 1. The van der Waals surface area contributed by atoms with E-state index in [4.69, 9.17) is 4.74 Å². The molecule has 1 N–H and O–H groups in total. The maximum atomic E-state index is 5.28. The number of rotatable bonds is 5. The van der Waals surface area contributed by atoms with Crippen LogP contribution in [0.4, 0.5) is 0 Å². The van der Waals surface area contributed by atoms with Gasteiger partial charge >= 0.3 is 0 Å². The van der Waals surface area contributed by atoms with E-state index in [-0.39, 0.29) is 6.04 Å². The first-order valence-electron chi connectivity index (χ1n) is 6.13. The third kappa shape index (κ3) is 3.16. The first kappa shape index (κ1) is 14.1. The number of hydrogen-bond acceptors (Lipinski definition) is 3. The molecular formula is C14H18BrN3O. The van der Waals surface area contributed by atoms with Crippen LogP contribution >= 0.6 is 15.9 Å². The van der Waals surface area contributed by atoms with Crippen molar-refractivity contribution < 1.29 is 4.74 Å². The summed E-state index contributed by atoms with van der Waals surface area (Å²) in [5.74, 6) is 0.873. The molecule has 1 aromatic carbocycles. The average Bonchev–Trinajstić information content (AvgIpc) is 2.84. The van der Waals surface area contributed by atoms with Gasteiger partial charge in [0.15, 0.2) is 0 Å². The molecule has 0 aliphatic carbocycles. The molecule has 0 saturated carbocycles. The molecule has 4 nitrogen and oxygen atoms in total. The number of hydrogen-bond donors (Lipinski definition) is 1. The van der Waals surface area contributed by atoms with E-state index >= 15 is 0 Å². The molecule has 102 valence electrons. The monoisotopic (exact) mass is 323 g/mol. The Labute approximate surface area is 121 Å². The Morgan fingerprint density at radius 1 is 1.42 bits per heavy atom. The smallest absolute Gasteiger partial charge is 0.119 e. The number of methoxy groups -OCH3 is 1. The standard InChI is InChI=1S/C14H18BrN3O/c1-16-13(14-6-7-17-18(14)2)9-10-8-11(19-3)4-5-12(10)15/h4-8,13,16H,9H2,1-3H3. The van der Waals surface area contributed by atoms with E-state index in [0.717, 1.165) is 22.3 Å². The van der Waals surface area contributed by atoms with Crippen molar-refractivity contribution in [3.63, 3.8) is 0 Å². The molecule has 0 aliphatic heterocycles. The van der Waals surface area contributed by atoms with Gasteiger partial charge < -0.3 is 10.1 Å². The second kappa shape index (κ2) is 6.21. The molecule has 1 aromatic heterocycles. The van der Waals surface area contributed by atoms with E-state index in [1.165, 1.54) is 5.56 Å². The summed E-state index contributed by atoms with van der Waals surface area (Å²) in [6, 6.07) is 8.28. The summed E-state index contributed by atoms with van der Waals surface area (Å²) in [5, 5.41) is 7.56. The predicted molar refractivity (Wildman–Crippen MR) is 79.4 cm³/mol.